The number of fused-ring (bicyclic) bond motifs is 1. The van der Waals surface area contributed by atoms with Crippen molar-refractivity contribution in [2.75, 3.05) is 5.88 Å². The van der Waals surface area contributed by atoms with Gasteiger partial charge in [0.15, 0.2) is 5.65 Å². The van der Waals surface area contributed by atoms with Crippen molar-refractivity contribution in [1.29, 1.82) is 0 Å². The van der Waals surface area contributed by atoms with E-state index in [-0.39, 0.29) is 5.54 Å². The van der Waals surface area contributed by atoms with E-state index in [0.717, 1.165) is 29.0 Å². The zero-order chi connectivity index (χ0) is 13.5. The first-order chi connectivity index (χ1) is 9.14. The van der Waals surface area contributed by atoms with Crippen molar-refractivity contribution in [3.63, 3.8) is 0 Å². The van der Waals surface area contributed by atoms with Gasteiger partial charge in [0.2, 0.25) is 0 Å². The minimum atomic E-state index is 0.165. The topological polar surface area (TPSA) is 30.7 Å². The Morgan fingerprint density at radius 3 is 2.79 bits per heavy atom. The number of alkyl halides is 1. The third-order valence-corrected chi connectivity index (χ3v) is 4.43. The molecular formula is C15H20ClN3. The van der Waals surface area contributed by atoms with E-state index in [4.69, 9.17) is 16.6 Å². The van der Waals surface area contributed by atoms with Crippen molar-refractivity contribution in [2.24, 2.45) is 0 Å². The van der Waals surface area contributed by atoms with Crippen LogP contribution >= 0.6 is 11.6 Å². The van der Waals surface area contributed by atoms with Gasteiger partial charge in [0.05, 0.1) is 0 Å². The molecule has 0 radical (unpaired) electrons. The van der Waals surface area contributed by atoms with Gasteiger partial charge in [0.25, 0.3) is 0 Å². The Kier molecular flexibility index (Phi) is 3.25. The standard InChI is InChI=1S/C15H20ClN3/c1-11-9-12-14(17-10-11)19(13(18-12)5-8-16)15(2)6-3-4-7-15/h9-10H,3-8H2,1-2H3. The molecule has 1 saturated carbocycles. The first kappa shape index (κ1) is 12.9. The summed E-state index contributed by atoms with van der Waals surface area (Å²) in [6.45, 7) is 4.39. The van der Waals surface area contributed by atoms with E-state index < -0.39 is 0 Å². The molecule has 19 heavy (non-hydrogen) atoms. The Balaban J connectivity index is 2.21. The van der Waals surface area contributed by atoms with E-state index in [1.807, 2.05) is 6.20 Å². The summed E-state index contributed by atoms with van der Waals surface area (Å²) in [6.07, 6.45) is 7.76. The van der Waals surface area contributed by atoms with Gasteiger partial charge in [-0.2, -0.15) is 0 Å². The van der Waals surface area contributed by atoms with Crippen LogP contribution in [0.3, 0.4) is 0 Å². The number of aryl methyl sites for hydroxylation is 2. The van der Waals surface area contributed by atoms with Crippen LogP contribution in [0, 0.1) is 6.92 Å². The largest absolute Gasteiger partial charge is 0.307 e. The normalized spacial score (nSPS) is 18.3. The van der Waals surface area contributed by atoms with Crippen LogP contribution < -0.4 is 0 Å². The monoisotopic (exact) mass is 277 g/mol. The van der Waals surface area contributed by atoms with Gasteiger partial charge in [0, 0.05) is 24.0 Å². The van der Waals surface area contributed by atoms with Crippen molar-refractivity contribution < 1.29 is 0 Å². The molecule has 1 aliphatic rings. The molecule has 4 heteroatoms. The molecule has 2 aromatic rings. The second kappa shape index (κ2) is 4.78. The molecule has 0 saturated heterocycles. The quantitative estimate of drug-likeness (QED) is 0.799. The molecule has 2 heterocycles. The minimum Gasteiger partial charge on any atom is -0.307 e. The third-order valence-electron chi connectivity index (χ3n) is 4.24. The van der Waals surface area contributed by atoms with Crippen molar-refractivity contribution >= 4 is 22.8 Å². The zero-order valence-electron chi connectivity index (χ0n) is 11.6. The smallest absolute Gasteiger partial charge is 0.160 e. The zero-order valence-corrected chi connectivity index (χ0v) is 12.4. The second-order valence-electron chi connectivity index (χ2n) is 5.86. The summed E-state index contributed by atoms with van der Waals surface area (Å²) in [5, 5.41) is 0. The fourth-order valence-electron chi connectivity index (χ4n) is 3.29. The summed E-state index contributed by atoms with van der Waals surface area (Å²) in [5.41, 5.74) is 3.35. The van der Waals surface area contributed by atoms with Crippen molar-refractivity contribution in [3.05, 3.63) is 23.7 Å². The van der Waals surface area contributed by atoms with E-state index in [1.165, 1.54) is 25.7 Å². The van der Waals surface area contributed by atoms with Gasteiger partial charge in [-0.05, 0) is 38.3 Å². The number of pyridine rings is 1. The SMILES string of the molecule is Cc1cnc2c(c1)nc(CCCl)n2C1(C)CCCC1. The Bertz CT molecular complexity index is 597. The number of imidazole rings is 1. The number of hydrogen-bond donors (Lipinski definition) is 0. The van der Waals surface area contributed by atoms with E-state index in [9.17, 15) is 0 Å². The first-order valence-corrected chi connectivity index (χ1v) is 7.58. The summed E-state index contributed by atoms with van der Waals surface area (Å²) in [6, 6.07) is 2.12. The van der Waals surface area contributed by atoms with Crippen LogP contribution in [0.1, 0.15) is 44.0 Å². The highest BCUT2D eigenvalue weighted by Crippen LogP contribution is 2.39. The van der Waals surface area contributed by atoms with Crippen LogP contribution in [-0.2, 0) is 12.0 Å². The summed E-state index contributed by atoms with van der Waals surface area (Å²) < 4.78 is 2.36. The van der Waals surface area contributed by atoms with Crippen LogP contribution in [0.5, 0.6) is 0 Å². The van der Waals surface area contributed by atoms with Gasteiger partial charge in [-0.1, -0.05) is 12.8 Å². The molecule has 3 nitrogen and oxygen atoms in total. The van der Waals surface area contributed by atoms with Crippen LogP contribution in [0.2, 0.25) is 0 Å². The summed E-state index contributed by atoms with van der Waals surface area (Å²) in [5.74, 6) is 1.70. The van der Waals surface area contributed by atoms with Crippen LogP contribution in [0.15, 0.2) is 12.3 Å². The average Bonchev–Trinajstić information content (AvgIpc) is 2.93. The molecule has 2 aromatic heterocycles. The lowest BCUT2D eigenvalue weighted by Gasteiger charge is -2.28. The molecule has 0 aromatic carbocycles. The molecule has 0 unspecified atom stereocenters. The minimum absolute atomic E-state index is 0.165. The molecule has 0 N–H and O–H groups in total. The van der Waals surface area contributed by atoms with E-state index in [2.05, 4.69) is 29.5 Å². The predicted molar refractivity (Wildman–Crippen MR) is 78.8 cm³/mol. The number of aromatic nitrogens is 3. The van der Waals surface area contributed by atoms with E-state index in [1.54, 1.807) is 0 Å². The summed E-state index contributed by atoms with van der Waals surface area (Å²) >= 11 is 5.95. The molecule has 1 aliphatic carbocycles. The van der Waals surface area contributed by atoms with Crippen molar-refractivity contribution in [3.8, 4) is 0 Å². The number of halogens is 1. The molecule has 0 amide bonds. The Hall–Kier alpha value is -1.09. The molecule has 0 bridgehead atoms. The lowest BCUT2D eigenvalue weighted by molar-refractivity contribution is 0.327. The maximum Gasteiger partial charge on any atom is 0.160 e. The van der Waals surface area contributed by atoms with E-state index >= 15 is 0 Å². The summed E-state index contributed by atoms with van der Waals surface area (Å²) in [7, 11) is 0. The Morgan fingerprint density at radius 1 is 1.37 bits per heavy atom. The van der Waals surface area contributed by atoms with Crippen LogP contribution in [0.4, 0.5) is 0 Å². The molecule has 3 rings (SSSR count). The lowest BCUT2D eigenvalue weighted by Crippen LogP contribution is -2.28. The van der Waals surface area contributed by atoms with Gasteiger partial charge in [-0.3, -0.25) is 0 Å². The molecule has 102 valence electrons. The second-order valence-corrected chi connectivity index (χ2v) is 6.24. The van der Waals surface area contributed by atoms with Crippen LogP contribution in [-0.4, -0.2) is 20.4 Å². The maximum atomic E-state index is 5.95. The fraction of sp³-hybridized carbons (Fsp3) is 0.600. The summed E-state index contributed by atoms with van der Waals surface area (Å²) in [4.78, 5) is 9.40. The molecular weight excluding hydrogens is 258 g/mol. The molecule has 0 spiro atoms. The van der Waals surface area contributed by atoms with Gasteiger partial charge < -0.3 is 4.57 Å². The highest BCUT2D eigenvalue weighted by Gasteiger charge is 2.34. The lowest BCUT2D eigenvalue weighted by atomic mass is 10.00. The Morgan fingerprint density at radius 2 is 2.11 bits per heavy atom. The molecule has 1 fully saturated rings. The predicted octanol–water partition coefficient (Wildman–Crippen LogP) is 3.81. The van der Waals surface area contributed by atoms with E-state index in [0.29, 0.717) is 5.88 Å². The highest BCUT2D eigenvalue weighted by atomic mass is 35.5. The van der Waals surface area contributed by atoms with Gasteiger partial charge in [-0.25, -0.2) is 9.97 Å². The third kappa shape index (κ3) is 2.14. The average molecular weight is 278 g/mol. The number of hydrogen-bond acceptors (Lipinski definition) is 2. The number of nitrogens with zero attached hydrogens (tertiary/aromatic N) is 3. The first-order valence-electron chi connectivity index (χ1n) is 7.04. The van der Waals surface area contributed by atoms with Crippen molar-refractivity contribution in [1.82, 2.24) is 14.5 Å². The van der Waals surface area contributed by atoms with Gasteiger partial charge in [0.1, 0.15) is 11.3 Å². The molecule has 0 aliphatic heterocycles. The van der Waals surface area contributed by atoms with Crippen molar-refractivity contribution in [2.45, 2.75) is 51.5 Å². The highest BCUT2D eigenvalue weighted by molar-refractivity contribution is 6.17. The van der Waals surface area contributed by atoms with Gasteiger partial charge in [-0.15, -0.1) is 11.6 Å². The van der Waals surface area contributed by atoms with Crippen LogP contribution in [0.25, 0.3) is 11.2 Å². The molecule has 0 atom stereocenters. The Labute approximate surface area is 119 Å². The van der Waals surface area contributed by atoms with Gasteiger partial charge >= 0.3 is 0 Å². The maximum absolute atomic E-state index is 5.95. The fourth-order valence-corrected chi connectivity index (χ4v) is 3.46. The number of rotatable bonds is 3.